The van der Waals surface area contributed by atoms with E-state index in [-0.39, 0.29) is 11.7 Å². The van der Waals surface area contributed by atoms with Crippen molar-refractivity contribution in [1.82, 2.24) is 4.90 Å². The Hall–Kier alpha value is -2.40. The van der Waals surface area contributed by atoms with Gasteiger partial charge in [0, 0.05) is 24.8 Å². The standard InChI is InChI=1S/C16H18FN3O/c1-11-8-14(19-18)6-7-15(11)16(21)20(2)10-12-4-3-5-13(17)9-12/h3-9,19H,10,18H2,1-2H3. The van der Waals surface area contributed by atoms with Gasteiger partial charge in [0.2, 0.25) is 0 Å². The summed E-state index contributed by atoms with van der Waals surface area (Å²) in [6.45, 7) is 2.21. The lowest BCUT2D eigenvalue weighted by molar-refractivity contribution is 0.0784. The van der Waals surface area contributed by atoms with Gasteiger partial charge in [-0.15, -0.1) is 0 Å². The average molecular weight is 287 g/mol. The Kier molecular flexibility index (Phi) is 4.55. The molecule has 0 aliphatic heterocycles. The fourth-order valence-corrected chi connectivity index (χ4v) is 2.18. The van der Waals surface area contributed by atoms with Crippen LogP contribution in [-0.2, 0) is 6.54 Å². The monoisotopic (exact) mass is 287 g/mol. The summed E-state index contributed by atoms with van der Waals surface area (Å²) in [6, 6.07) is 11.5. The quantitative estimate of drug-likeness (QED) is 0.671. The number of hydrazine groups is 1. The lowest BCUT2D eigenvalue weighted by atomic mass is 10.1. The van der Waals surface area contributed by atoms with Crippen LogP contribution in [0.1, 0.15) is 21.5 Å². The number of halogens is 1. The summed E-state index contributed by atoms with van der Waals surface area (Å²) >= 11 is 0. The molecule has 110 valence electrons. The molecule has 1 amide bonds. The van der Waals surface area contributed by atoms with Crippen molar-refractivity contribution in [2.75, 3.05) is 12.5 Å². The Bertz CT molecular complexity index is 658. The van der Waals surface area contributed by atoms with E-state index < -0.39 is 0 Å². The molecular weight excluding hydrogens is 269 g/mol. The van der Waals surface area contributed by atoms with Gasteiger partial charge >= 0.3 is 0 Å². The van der Waals surface area contributed by atoms with Crippen LogP contribution in [0.25, 0.3) is 0 Å². The molecule has 0 radical (unpaired) electrons. The number of nitrogens with two attached hydrogens (primary N) is 1. The molecule has 2 aromatic rings. The third-order valence-electron chi connectivity index (χ3n) is 3.28. The Morgan fingerprint density at radius 3 is 2.67 bits per heavy atom. The normalized spacial score (nSPS) is 10.3. The maximum atomic E-state index is 13.2. The van der Waals surface area contributed by atoms with Crippen molar-refractivity contribution in [2.24, 2.45) is 5.84 Å². The number of carbonyl (C=O) groups excluding carboxylic acids is 1. The fourth-order valence-electron chi connectivity index (χ4n) is 2.18. The second kappa shape index (κ2) is 6.37. The summed E-state index contributed by atoms with van der Waals surface area (Å²) in [6.07, 6.45) is 0. The molecule has 3 N–H and O–H groups in total. The summed E-state index contributed by atoms with van der Waals surface area (Å²) in [4.78, 5) is 14.0. The Labute approximate surface area is 123 Å². The smallest absolute Gasteiger partial charge is 0.254 e. The van der Waals surface area contributed by atoms with E-state index in [2.05, 4.69) is 5.43 Å². The topological polar surface area (TPSA) is 58.4 Å². The molecule has 0 aliphatic carbocycles. The number of rotatable bonds is 4. The van der Waals surface area contributed by atoms with Crippen molar-refractivity contribution in [3.8, 4) is 0 Å². The fraction of sp³-hybridized carbons (Fsp3) is 0.188. The van der Waals surface area contributed by atoms with E-state index >= 15 is 0 Å². The van der Waals surface area contributed by atoms with Gasteiger partial charge in [0.05, 0.1) is 0 Å². The van der Waals surface area contributed by atoms with Crippen LogP contribution in [0, 0.1) is 12.7 Å². The van der Waals surface area contributed by atoms with E-state index in [1.807, 2.05) is 13.0 Å². The summed E-state index contributed by atoms with van der Waals surface area (Å²) in [5.41, 5.74) is 5.48. The molecule has 2 aromatic carbocycles. The number of hydrogen-bond donors (Lipinski definition) is 2. The Morgan fingerprint density at radius 2 is 2.05 bits per heavy atom. The summed E-state index contributed by atoms with van der Waals surface area (Å²) in [5.74, 6) is 4.93. The number of carbonyl (C=O) groups is 1. The third-order valence-corrected chi connectivity index (χ3v) is 3.28. The third kappa shape index (κ3) is 3.58. The van der Waals surface area contributed by atoms with E-state index in [0.29, 0.717) is 12.1 Å². The minimum atomic E-state index is -0.303. The van der Waals surface area contributed by atoms with Crippen LogP contribution in [0.4, 0.5) is 10.1 Å². The number of anilines is 1. The van der Waals surface area contributed by atoms with Gasteiger partial charge in [-0.1, -0.05) is 12.1 Å². The van der Waals surface area contributed by atoms with Gasteiger partial charge in [-0.25, -0.2) is 4.39 Å². The highest BCUT2D eigenvalue weighted by molar-refractivity contribution is 5.95. The highest BCUT2D eigenvalue weighted by Crippen LogP contribution is 2.17. The van der Waals surface area contributed by atoms with E-state index in [4.69, 9.17) is 5.84 Å². The minimum Gasteiger partial charge on any atom is -0.337 e. The molecule has 2 rings (SSSR count). The Morgan fingerprint density at radius 1 is 1.29 bits per heavy atom. The van der Waals surface area contributed by atoms with Crippen molar-refractivity contribution < 1.29 is 9.18 Å². The molecule has 21 heavy (non-hydrogen) atoms. The molecule has 0 spiro atoms. The first kappa shape index (κ1) is 15.0. The van der Waals surface area contributed by atoms with Crippen LogP contribution in [0.2, 0.25) is 0 Å². The van der Waals surface area contributed by atoms with E-state index in [1.54, 1.807) is 36.2 Å². The van der Waals surface area contributed by atoms with Crippen LogP contribution in [0.3, 0.4) is 0 Å². The van der Waals surface area contributed by atoms with Gasteiger partial charge in [-0.05, 0) is 48.4 Å². The molecule has 0 aliphatic rings. The molecular formula is C16H18FN3O. The van der Waals surface area contributed by atoms with E-state index in [0.717, 1.165) is 16.8 Å². The maximum absolute atomic E-state index is 13.2. The van der Waals surface area contributed by atoms with Crippen molar-refractivity contribution in [3.05, 3.63) is 65.0 Å². The van der Waals surface area contributed by atoms with Crippen LogP contribution >= 0.6 is 0 Å². The zero-order valence-electron chi connectivity index (χ0n) is 12.1. The first-order chi connectivity index (χ1) is 10.0. The molecule has 0 heterocycles. The number of nitrogens with one attached hydrogen (secondary N) is 1. The average Bonchev–Trinajstić information content (AvgIpc) is 2.46. The minimum absolute atomic E-state index is 0.111. The maximum Gasteiger partial charge on any atom is 0.254 e. The number of nitrogen functional groups attached to an aromatic ring is 1. The predicted molar refractivity (Wildman–Crippen MR) is 81.2 cm³/mol. The van der Waals surface area contributed by atoms with Crippen LogP contribution < -0.4 is 11.3 Å². The predicted octanol–water partition coefficient (Wildman–Crippen LogP) is 2.69. The van der Waals surface area contributed by atoms with Crippen molar-refractivity contribution in [2.45, 2.75) is 13.5 Å². The van der Waals surface area contributed by atoms with Gasteiger partial charge in [-0.2, -0.15) is 0 Å². The first-order valence-electron chi connectivity index (χ1n) is 6.58. The van der Waals surface area contributed by atoms with Crippen molar-refractivity contribution in [1.29, 1.82) is 0 Å². The number of aryl methyl sites for hydroxylation is 1. The van der Waals surface area contributed by atoms with Gasteiger partial charge in [0.25, 0.3) is 5.91 Å². The number of hydrogen-bond acceptors (Lipinski definition) is 3. The SMILES string of the molecule is Cc1cc(NN)ccc1C(=O)N(C)Cc1cccc(F)c1. The summed E-state index contributed by atoms with van der Waals surface area (Å²) in [7, 11) is 1.70. The molecule has 0 aromatic heterocycles. The second-order valence-electron chi connectivity index (χ2n) is 4.97. The van der Waals surface area contributed by atoms with Crippen molar-refractivity contribution >= 4 is 11.6 Å². The highest BCUT2D eigenvalue weighted by atomic mass is 19.1. The van der Waals surface area contributed by atoms with Gasteiger partial charge in [0.1, 0.15) is 5.82 Å². The van der Waals surface area contributed by atoms with E-state index in [1.165, 1.54) is 12.1 Å². The van der Waals surface area contributed by atoms with Crippen molar-refractivity contribution in [3.63, 3.8) is 0 Å². The molecule has 4 nitrogen and oxygen atoms in total. The number of benzene rings is 2. The lowest BCUT2D eigenvalue weighted by Gasteiger charge is -2.19. The molecule has 0 bridgehead atoms. The number of nitrogens with zero attached hydrogens (tertiary/aromatic N) is 1. The first-order valence-corrected chi connectivity index (χ1v) is 6.58. The molecule has 5 heteroatoms. The van der Waals surface area contributed by atoms with Gasteiger partial charge < -0.3 is 10.3 Å². The highest BCUT2D eigenvalue weighted by Gasteiger charge is 2.14. The Balaban J connectivity index is 2.15. The van der Waals surface area contributed by atoms with Gasteiger partial charge in [-0.3, -0.25) is 10.6 Å². The van der Waals surface area contributed by atoms with Crippen LogP contribution in [0.15, 0.2) is 42.5 Å². The summed E-state index contributed by atoms with van der Waals surface area (Å²) < 4.78 is 13.2. The zero-order chi connectivity index (χ0) is 15.4. The molecule has 0 atom stereocenters. The van der Waals surface area contributed by atoms with E-state index in [9.17, 15) is 9.18 Å². The van der Waals surface area contributed by atoms with Gasteiger partial charge in [0.15, 0.2) is 0 Å². The molecule has 0 saturated heterocycles. The largest absolute Gasteiger partial charge is 0.337 e. The second-order valence-corrected chi connectivity index (χ2v) is 4.97. The molecule has 0 unspecified atom stereocenters. The lowest BCUT2D eigenvalue weighted by Crippen LogP contribution is -2.27. The van der Waals surface area contributed by atoms with Crippen LogP contribution in [-0.4, -0.2) is 17.9 Å². The number of amides is 1. The zero-order valence-corrected chi connectivity index (χ0v) is 12.1. The summed E-state index contributed by atoms with van der Waals surface area (Å²) in [5, 5.41) is 0. The molecule has 0 fully saturated rings. The van der Waals surface area contributed by atoms with Crippen LogP contribution in [0.5, 0.6) is 0 Å². The molecule has 0 saturated carbocycles.